The summed E-state index contributed by atoms with van der Waals surface area (Å²) in [7, 11) is 0. The molecule has 2 aliphatic rings. The molecule has 2 atom stereocenters. The van der Waals surface area contributed by atoms with Crippen LogP contribution in [-0.2, 0) is 30.8 Å². The Kier molecular flexibility index (Phi) is 7.86. The van der Waals surface area contributed by atoms with E-state index < -0.39 is 12.1 Å². The molecular formula is C25H25F4N5O3. The van der Waals surface area contributed by atoms with Crippen molar-refractivity contribution in [3.8, 4) is 0 Å². The Morgan fingerprint density at radius 3 is 2.32 bits per heavy atom. The summed E-state index contributed by atoms with van der Waals surface area (Å²) in [4.78, 5) is 24.0. The maximum atomic E-state index is 13.5. The number of aromatic nitrogens is 3. The lowest BCUT2D eigenvalue weighted by Crippen LogP contribution is -2.32. The minimum Gasteiger partial charge on any atom is -0.475 e. The zero-order valence-corrected chi connectivity index (χ0v) is 19.7. The molecule has 1 amide bonds. The summed E-state index contributed by atoms with van der Waals surface area (Å²) in [5.41, 5.74) is 2.04. The Labute approximate surface area is 209 Å². The van der Waals surface area contributed by atoms with Crippen molar-refractivity contribution in [2.24, 2.45) is 11.8 Å². The molecule has 1 saturated heterocycles. The molecule has 0 saturated carbocycles. The molecule has 2 aromatic carbocycles. The van der Waals surface area contributed by atoms with Crippen molar-refractivity contribution in [2.45, 2.75) is 32.2 Å². The molecule has 2 aliphatic heterocycles. The predicted molar refractivity (Wildman–Crippen MR) is 124 cm³/mol. The van der Waals surface area contributed by atoms with E-state index in [9.17, 15) is 22.4 Å². The summed E-state index contributed by atoms with van der Waals surface area (Å²) < 4.78 is 47.2. The second-order valence-electron chi connectivity index (χ2n) is 9.07. The standard InChI is InChI=1S/C23H24FN5O.C2HF3O2/c24-20-8-4-7-17(9-20)12-28-13-18-10-21-26-27-22(29(21)15-19(18)14-28)23(30)25-11-16-5-2-1-3-6-16;3-2(4,5)1(6)7/h1-9,18-19H,10-15H2,(H,25,30);(H,6,7). The molecule has 0 radical (unpaired) electrons. The van der Waals surface area contributed by atoms with Gasteiger partial charge in [0.05, 0.1) is 0 Å². The number of amides is 1. The number of alkyl halides is 3. The van der Waals surface area contributed by atoms with Crippen LogP contribution in [0.2, 0.25) is 0 Å². The van der Waals surface area contributed by atoms with E-state index in [4.69, 9.17) is 9.90 Å². The summed E-state index contributed by atoms with van der Waals surface area (Å²) in [6.45, 7) is 3.86. The van der Waals surface area contributed by atoms with E-state index in [0.717, 1.165) is 49.6 Å². The number of carboxylic acid groups (broad SMARTS) is 1. The number of nitrogens with zero attached hydrogens (tertiary/aromatic N) is 4. The van der Waals surface area contributed by atoms with Gasteiger partial charge in [-0.3, -0.25) is 9.69 Å². The van der Waals surface area contributed by atoms with Crippen molar-refractivity contribution in [3.05, 3.63) is 83.2 Å². The molecule has 12 heteroatoms. The van der Waals surface area contributed by atoms with Crippen LogP contribution in [0.3, 0.4) is 0 Å². The smallest absolute Gasteiger partial charge is 0.475 e. The minimum atomic E-state index is -5.08. The fourth-order valence-electron chi connectivity index (χ4n) is 4.67. The highest BCUT2D eigenvalue weighted by atomic mass is 19.4. The maximum absolute atomic E-state index is 13.5. The summed E-state index contributed by atoms with van der Waals surface area (Å²) in [5, 5.41) is 18.6. The summed E-state index contributed by atoms with van der Waals surface area (Å²) in [6.07, 6.45) is -4.26. The molecule has 2 unspecified atom stereocenters. The van der Waals surface area contributed by atoms with Gasteiger partial charge in [-0.15, -0.1) is 10.2 Å². The van der Waals surface area contributed by atoms with Gasteiger partial charge in [-0.2, -0.15) is 13.2 Å². The number of aliphatic carboxylic acids is 1. The third kappa shape index (κ3) is 6.70. The molecule has 0 bridgehead atoms. The number of rotatable bonds is 5. The molecule has 37 heavy (non-hydrogen) atoms. The summed E-state index contributed by atoms with van der Waals surface area (Å²) >= 11 is 0. The first kappa shape index (κ1) is 26.3. The average Bonchev–Trinajstić information content (AvgIpc) is 3.44. The van der Waals surface area contributed by atoms with Crippen LogP contribution >= 0.6 is 0 Å². The van der Waals surface area contributed by atoms with E-state index in [2.05, 4.69) is 20.4 Å². The highest BCUT2D eigenvalue weighted by Gasteiger charge is 2.39. The third-order valence-corrected chi connectivity index (χ3v) is 6.38. The fourth-order valence-corrected chi connectivity index (χ4v) is 4.67. The van der Waals surface area contributed by atoms with Gasteiger partial charge in [0.2, 0.25) is 5.82 Å². The van der Waals surface area contributed by atoms with Crippen molar-refractivity contribution in [1.29, 1.82) is 0 Å². The number of benzene rings is 2. The lowest BCUT2D eigenvalue weighted by Gasteiger charge is -2.25. The summed E-state index contributed by atoms with van der Waals surface area (Å²) in [5.74, 6) is -0.922. The number of carboxylic acids is 1. The normalized spacial score (nSPS) is 18.8. The number of carbonyl (C=O) groups is 2. The molecule has 3 heterocycles. The van der Waals surface area contributed by atoms with Crippen LogP contribution in [0.5, 0.6) is 0 Å². The van der Waals surface area contributed by atoms with Crippen molar-refractivity contribution < 1.29 is 32.3 Å². The van der Waals surface area contributed by atoms with E-state index >= 15 is 0 Å². The van der Waals surface area contributed by atoms with Gasteiger partial charge in [0.1, 0.15) is 11.6 Å². The Hall–Kier alpha value is -3.80. The Morgan fingerprint density at radius 2 is 1.65 bits per heavy atom. The molecule has 0 spiro atoms. The van der Waals surface area contributed by atoms with Gasteiger partial charge in [-0.25, -0.2) is 9.18 Å². The number of fused-ring (bicyclic) bond motifs is 2. The van der Waals surface area contributed by atoms with Crippen LogP contribution < -0.4 is 5.32 Å². The van der Waals surface area contributed by atoms with E-state index in [0.29, 0.717) is 24.2 Å². The molecule has 8 nitrogen and oxygen atoms in total. The third-order valence-electron chi connectivity index (χ3n) is 6.38. The van der Waals surface area contributed by atoms with Crippen LogP contribution in [-0.4, -0.2) is 55.9 Å². The zero-order valence-electron chi connectivity index (χ0n) is 19.7. The van der Waals surface area contributed by atoms with Crippen molar-refractivity contribution >= 4 is 11.9 Å². The van der Waals surface area contributed by atoms with Crippen LogP contribution in [0, 0.1) is 17.7 Å². The van der Waals surface area contributed by atoms with Crippen LogP contribution in [0.15, 0.2) is 54.6 Å². The molecule has 3 aromatic rings. The molecule has 5 rings (SSSR count). The largest absolute Gasteiger partial charge is 0.490 e. The topological polar surface area (TPSA) is 100 Å². The first-order valence-electron chi connectivity index (χ1n) is 11.6. The Balaban J connectivity index is 0.000000405. The zero-order chi connectivity index (χ0) is 26.6. The van der Waals surface area contributed by atoms with Crippen molar-refractivity contribution in [2.75, 3.05) is 13.1 Å². The van der Waals surface area contributed by atoms with E-state index in [1.54, 1.807) is 12.1 Å². The van der Waals surface area contributed by atoms with E-state index in [1.165, 1.54) is 6.07 Å². The van der Waals surface area contributed by atoms with Crippen molar-refractivity contribution in [3.63, 3.8) is 0 Å². The van der Waals surface area contributed by atoms with Gasteiger partial charge in [-0.05, 0) is 35.1 Å². The van der Waals surface area contributed by atoms with Gasteiger partial charge in [-0.1, -0.05) is 42.5 Å². The molecule has 2 N–H and O–H groups in total. The van der Waals surface area contributed by atoms with Gasteiger partial charge in [0.25, 0.3) is 5.91 Å². The number of hydrogen-bond donors (Lipinski definition) is 2. The monoisotopic (exact) mass is 519 g/mol. The first-order valence-corrected chi connectivity index (χ1v) is 11.6. The Bertz CT molecular complexity index is 1250. The second-order valence-corrected chi connectivity index (χ2v) is 9.07. The van der Waals surface area contributed by atoms with Gasteiger partial charge >= 0.3 is 12.1 Å². The SMILES string of the molecule is O=C(NCc1ccccc1)c1nnc2n1CC1CN(Cc3cccc(F)c3)CC1C2.O=C(O)C(F)(F)F. The fraction of sp³-hybridized carbons (Fsp3) is 0.360. The number of hydrogen-bond acceptors (Lipinski definition) is 5. The molecular weight excluding hydrogens is 494 g/mol. The highest BCUT2D eigenvalue weighted by molar-refractivity contribution is 5.90. The Morgan fingerprint density at radius 1 is 0.973 bits per heavy atom. The maximum Gasteiger partial charge on any atom is 0.490 e. The number of halogens is 4. The van der Waals surface area contributed by atoms with Gasteiger partial charge in [0, 0.05) is 39.1 Å². The average molecular weight is 519 g/mol. The molecule has 1 fully saturated rings. The van der Waals surface area contributed by atoms with Crippen LogP contribution in [0.25, 0.3) is 0 Å². The molecule has 196 valence electrons. The minimum absolute atomic E-state index is 0.189. The number of carbonyl (C=O) groups excluding carboxylic acids is 1. The van der Waals surface area contributed by atoms with E-state index in [1.807, 2.05) is 41.0 Å². The van der Waals surface area contributed by atoms with Crippen LogP contribution in [0.1, 0.15) is 27.6 Å². The predicted octanol–water partition coefficient (Wildman–Crippen LogP) is 3.28. The lowest BCUT2D eigenvalue weighted by atomic mass is 9.89. The molecule has 1 aromatic heterocycles. The van der Waals surface area contributed by atoms with Gasteiger partial charge in [0.15, 0.2) is 0 Å². The van der Waals surface area contributed by atoms with Crippen molar-refractivity contribution in [1.82, 2.24) is 25.0 Å². The number of nitrogens with one attached hydrogen (secondary N) is 1. The second kappa shape index (κ2) is 11.1. The lowest BCUT2D eigenvalue weighted by molar-refractivity contribution is -0.192. The van der Waals surface area contributed by atoms with Crippen LogP contribution in [0.4, 0.5) is 17.6 Å². The highest BCUT2D eigenvalue weighted by Crippen LogP contribution is 2.33. The summed E-state index contributed by atoms with van der Waals surface area (Å²) in [6, 6.07) is 16.6. The molecule has 0 aliphatic carbocycles. The first-order chi connectivity index (χ1) is 17.6. The van der Waals surface area contributed by atoms with E-state index in [-0.39, 0.29) is 11.7 Å². The quantitative estimate of drug-likeness (QED) is 0.502. The van der Waals surface area contributed by atoms with Gasteiger partial charge < -0.3 is 15.0 Å². The number of likely N-dealkylation sites (tertiary alicyclic amines) is 1.